The van der Waals surface area contributed by atoms with Crippen molar-refractivity contribution in [3.05, 3.63) is 36.0 Å². The second-order valence-electron chi connectivity index (χ2n) is 7.14. The molecule has 0 aromatic rings. The van der Waals surface area contributed by atoms with Crippen molar-refractivity contribution in [3.8, 4) is 0 Å². The first-order valence-electron chi connectivity index (χ1n) is 8.37. The highest BCUT2D eigenvalue weighted by Gasteiger charge is 2.16. The molecule has 1 aliphatic heterocycles. The molecule has 0 atom stereocenters. The SMILES string of the molecule is C=C/C(C)=C\C=C(/CNCCN1CCCCC1)C(C)(C)C. The minimum absolute atomic E-state index is 0.204. The summed E-state index contributed by atoms with van der Waals surface area (Å²) in [6.45, 7) is 18.5. The van der Waals surface area contributed by atoms with Crippen LogP contribution in [-0.2, 0) is 0 Å². The molecular weight excluding hydrogens is 256 g/mol. The summed E-state index contributed by atoms with van der Waals surface area (Å²) >= 11 is 0. The Morgan fingerprint density at radius 3 is 2.38 bits per heavy atom. The standard InChI is InChI=1S/C19H34N2/c1-6-17(2)10-11-18(19(3,4)5)16-20-12-15-21-13-8-7-9-14-21/h6,10-11,20H,1,7-9,12-16H2,2-5H3/b17-10-,18-11+. The van der Waals surface area contributed by atoms with Gasteiger partial charge in [0, 0.05) is 19.6 Å². The molecule has 0 aromatic heterocycles. The number of hydrogen-bond donors (Lipinski definition) is 1. The van der Waals surface area contributed by atoms with Crippen LogP contribution >= 0.6 is 0 Å². The highest BCUT2D eigenvalue weighted by molar-refractivity contribution is 5.26. The first kappa shape index (κ1) is 18.2. The van der Waals surface area contributed by atoms with Gasteiger partial charge in [-0.1, -0.05) is 63.1 Å². The Morgan fingerprint density at radius 2 is 1.81 bits per heavy atom. The molecule has 0 amide bonds. The van der Waals surface area contributed by atoms with E-state index in [1.165, 1.54) is 50.0 Å². The zero-order valence-electron chi connectivity index (χ0n) is 14.5. The highest BCUT2D eigenvalue weighted by Crippen LogP contribution is 2.24. The molecule has 1 N–H and O–H groups in total. The number of piperidine rings is 1. The van der Waals surface area contributed by atoms with E-state index in [0.717, 1.165) is 13.1 Å². The molecule has 0 radical (unpaired) electrons. The van der Waals surface area contributed by atoms with Crippen LogP contribution in [0.4, 0.5) is 0 Å². The average Bonchev–Trinajstić information content (AvgIpc) is 2.45. The molecule has 2 nitrogen and oxygen atoms in total. The van der Waals surface area contributed by atoms with Gasteiger partial charge in [0.05, 0.1) is 0 Å². The molecule has 1 fully saturated rings. The Hall–Kier alpha value is -0.860. The molecule has 0 aliphatic carbocycles. The zero-order chi connectivity index (χ0) is 15.7. The lowest BCUT2D eigenvalue weighted by atomic mass is 9.86. The second-order valence-corrected chi connectivity index (χ2v) is 7.14. The van der Waals surface area contributed by atoms with Gasteiger partial charge in [0.15, 0.2) is 0 Å². The van der Waals surface area contributed by atoms with Crippen LogP contribution in [-0.4, -0.2) is 37.6 Å². The molecule has 0 bridgehead atoms. The summed E-state index contributed by atoms with van der Waals surface area (Å²) in [5, 5.41) is 3.62. The van der Waals surface area contributed by atoms with Crippen molar-refractivity contribution in [2.45, 2.75) is 47.0 Å². The fourth-order valence-corrected chi connectivity index (χ4v) is 2.52. The van der Waals surface area contributed by atoms with E-state index in [9.17, 15) is 0 Å². The van der Waals surface area contributed by atoms with E-state index in [4.69, 9.17) is 0 Å². The van der Waals surface area contributed by atoms with Crippen molar-refractivity contribution >= 4 is 0 Å². The van der Waals surface area contributed by atoms with E-state index < -0.39 is 0 Å². The summed E-state index contributed by atoms with van der Waals surface area (Å²) in [6, 6.07) is 0. The van der Waals surface area contributed by atoms with E-state index in [2.05, 4.69) is 56.6 Å². The minimum Gasteiger partial charge on any atom is -0.312 e. The van der Waals surface area contributed by atoms with Gasteiger partial charge >= 0.3 is 0 Å². The Bertz CT molecular complexity index is 366. The van der Waals surface area contributed by atoms with Gasteiger partial charge in [-0.25, -0.2) is 0 Å². The molecule has 2 heteroatoms. The normalized spacial score (nSPS) is 18.9. The summed E-state index contributed by atoms with van der Waals surface area (Å²) in [7, 11) is 0. The summed E-state index contributed by atoms with van der Waals surface area (Å²) in [6.07, 6.45) is 10.5. The van der Waals surface area contributed by atoms with Gasteiger partial charge in [-0.2, -0.15) is 0 Å². The Kier molecular flexibility index (Phi) is 7.98. The van der Waals surface area contributed by atoms with Crippen LogP contribution in [0.25, 0.3) is 0 Å². The van der Waals surface area contributed by atoms with Crippen LogP contribution in [0.1, 0.15) is 47.0 Å². The molecule has 1 aliphatic rings. The van der Waals surface area contributed by atoms with Gasteiger partial charge < -0.3 is 10.2 Å². The summed E-state index contributed by atoms with van der Waals surface area (Å²) in [5.74, 6) is 0. The van der Waals surface area contributed by atoms with E-state index in [1.807, 2.05) is 6.08 Å². The van der Waals surface area contributed by atoms with Gasteiger partial charge in [-0.15, -0.1) is 0 Å². The Balaban J connectivity index is 2.41. The minimum atomic E-state index is 0.204. The van der Waals surface area contributed by atoms with Crippen molar-refractivity contribution in [2.75, 3.05) is 32.7 Å². The van der Waals surface area contributed by atoms with E-state index in [1.54, 1.807) is 0 Å². The first-order chi connectivity index (χ1) is 9.93. The molecule has 0 saturated carbocycles. The number of allylic oxidation sites excluding steroid dienone is 4. The van der Waals surface area contributed by atoms with Gasteiger partial charge in [-0.3, -0.25) is 0 Å². The summed E-state index contributed by atoms with van der Waals surface area (Å²) in [5.41, 5.74) is 2.86. The second kappa shape index (κ2) is 9.22. The number of rotatable bonds is 7. The number of nitrogens with one attached hydrogen (secondary N) is 1. The van der Waals surface area contributed by atoms with Gasteiger partial charge in [0.1, 0.15) is 0 Å². The third-order valence-corrected chi connectivity index (χ3v) is 4.20. The van der Waals surface area contributed by atoms with E-state index in [-0.39, 0.29) is 5.41 Å². The van der Waals surface area contributed by atoms with Crippen molar-refractivity contribution in [1.82, 2.24) is 10.2 Å². The van der Waals surface area contributed by atoms with Crippen LogP contribution in [0, 0.1) is 5.41 Å². The zero-order valence-corrected chi connectivity index (χ0v) is 14.5. The third-order valence-electron chi connectivity index (χ3n) is 4.20. The molecule has 120 valence electrons. The molecule has 1 rings (SSSR count). The monoisotopic (exact) mass is 290 g/mol. The van der Waals surface area contributed by atoms with Crippen LogP contribution in [0.2, 0.25) is 0 Å². The van der Waals surface area contributed by atoms with Gasteiger partial charge in [0.25, 0.3) is 0 Å². The number of hydrogen-bond acceptors (Lipinski definition) is 2. The molecule has 1 heterocycles. The molecule has 0 spiro atoms. The smallest absolute Gasteiger partial charge is 0.0173 e. The van der Waals surface area contributed by atoms with Crippen LogP contribution < -0.4 is 5.32 Å². The maximum Gasteiger partial charge on any atom is 0.0173 e. The topological polar surface area (TPSA) is 15.3 Å². The molecule has 21 heavy (non-hydrogen) atoms. The number of nitrogens with zero attached hydrogens (tertiary/aromatic N) is 1. The fraction of sp³-hybridized carbons (Fsp3) is 0.684. The molecule has 0 unspecified atom stereocenters. The largest absolute Gasteiger partial charge is 0.312 e. The summed E-state index contributed by atoms with van der Waals surface area (Å²) < 4.78 is 0. The first-order valence-corrected chi connectivity index (χ1v) is 8.37. The van der Waals surface area contributed by atoms with Crippen molar-refractivity contribution in [1.29, 1.82) is 0 Å². The van der Waals surface area contributed by atoms with Crippen LogP contribution in [0.15, 0.2) is 36.0 Å². The summed E-state index contributed by atoms with van der Waals surface area (Å²) in [4.78, 5) is 2.58. The third kappa shape index (κ3) is 7.63. The van der Waals surface area contributed by atoms with Gasteiger partial charge in [-0.05, 0) is 38.3 Å². The fourth-order valence-electron chi connectivity index (χ4n) is 2.52. The molecule has 1 saturated heterocycles. The lowest BCUT2D eigenvalue weighted by molar-refractivity contribution is 0.229. The van der Waals surface area contributed by atoms with E-state index >= 15 is 0 Å². The van der Waals surface area contributed by atoms with E-state index in [0.29, 0.717) is 0 Å². The quantitative estimate of drug-likeness (QED) is 0.559. The lowest BCUT2D eigenvalue weighted by Crippen LogP contribution is -2.36. The lowest BCUT2D eigenvalue weighted by Gasteiger charge is -2.27. The Labute approximate surface area is 132 Å². The van der Waals surface area contributed by atoms with Crippen molar-refractivity contribution in [2.24, 2.45) is 5.41 Å². The highest BCUT2D eigenvalue weighted by atomic mass is 15.1. The van der Waals surface area contributed by atoms with Crippen molar-refractivity contribution < 1.29 is 0 Å². The van der Waals surface area contributed by atoms with Crippen LogP contribution in [0.5, 0.6) is 0 Å². The number of likely N-dealkylation sites (tertiary alicyclic amines) is 1. The predicted octanol–water partition coefficient (Wildman–Crippen LogP) is 4.17. The molecule has 0 aromatic carbocycles. The predicted molar refractivity (Wildman–Crippen MR) is 94.7 cm³/mol. The maximum absolute atomic E-state index is 3.81. The molecular formula is C19H34N2. The van der Waals surface area contributed by atoms with Crippen LogP contribution in [0.3, 0.4) is 0 Å². The van der Waals surface area contributed by atoms with Crippen molar-refractivity contribution in [3.63, 3.8) is 0 Å². The van der Waals surface area contributed by atoms with Gasteiger partial charge in [0.2, 0.25) is 0 Å². The average molecular weight is 290 g/mol. The Morgan fingerprint density at radius 1 is 1.14 bits per heavy atom. The maximum atomic E-state index is 3.81.